The molecular formula is C15H19FN2O2S. The van der Waals surface area contributed by atoms with Crippen LogP contribution in [-0.4, -0.2) is 28.5 Å². The minimum Gasteiger partial charge on any atom is -0.368 e. The molecule has 1 aliphatic heterocycles. The number of carbonyl (C=O) groups is 2. The number of nitrogens with two attached hydrogens (primary N) is 1. The molecule has 0 aromatic heterocycles. The Balaban J connectivity index is 2.30. The topological polar surface area (TPSA) is 63.4 Å². The highest BCUT2D eigenvalue weighted by atomic mass is 32.2. The van der Waals surface area contributed by atoms with Crippen LogP contribution in [0.5, 0.6) is 0 Å². The first-order valence-electron chi connectivity index (χ1n) is 6.87. The van der Waals surface area contributed by atoms with E-state index in [1.807, 2.05) is 13.8 Å². The highest BCUT2D eigenvalue weighted by molar-refractivity contribution is 8.00. The van der Waals surface area contributed by atoms with Gasteiger partial charge in [0.2, 0.25) is 11.8 Å². The number of rotatable bonds is 5. The van der Waals surface area contributed by atoms with E-state index >= 15 is 0 Å². The number of hydrogen-bond donors (Lipinski definition) is 1. The molecule has 4 nitrogen and oxygen atoms in total. The van der Waals surface area contributed by atoms with E-state index in [0.29, 0.717) is 12.2 Å². The molecule has 2 N–H and O–H groups in total. The van der Waals surface area contributed by atoms with Gasteiger partial charge < -0.3 is 10.6 Å². The van der Waals surface area contributed by atoms with Crippen LogP contribution in [0.15, 0.2) is 24.3 Å². The molecule has 21 heavy (non-hydrogen) atoms. The summed E-state index contributed by atoms with van der Waals surface area (Å²) < 4.78 is 13.0. The van der Waals surface area contributed by atoms with Crippen LogP contribution >= 0.6 is 11.8 Å². The van der Waals surface area contributed by atoms with Gasteiger partial charge in [0.25, 0.3) is 0 Å². The summed E-state index contributed by atoms with van der Waals surface area (Å²) in [5.74, 6) is -0.363. The zero-order valence-electron chi connectivity index (χ0n) is 12.1. The van der Waals surface area contributed by atoms with Crippen molar-refractivity contribution in [1.29, 1.82) is 0 Å². The van der Waals surface area contributed by atoms with Gasteiger partial charge in [0, 0.05) is 0 Å². The number of amides is 2. The fourth-order valence-corrected chi connectivity index (χ4v) is 3.69. The van der Waals surface area contributed by atoms with Gasteiger partial charge in [0.05, 0.1) is 5.75 Å². The van der Waals surface area contributed by atoms with Crippen LogP contribution in [0, 0.1) is 11.7 Å². The summed E-state index contributed by atoms with van der Waals surface area (Å²) in [5.41, 5.74) is 6.30. The number of halogens is 1. The minimum atomic E-state index is -0.623. The Kier molecular flexibility index (Phi) is 4.88. The molecule has 2 amide bonds. The zero-order valence-corrected chi connectivity index (χ0v) is 12.9. The summed E-state index contributed by atoms with van der Waals surface area (Å²) in [5, 5.41) is -0.283. The zero-order chi connectivity index (χ0) is 15.6. The van der Waals surface area contributed by atoms with Crippen molar-refractivity contribution in [3.05, 3.63) is 35.6 Å². The molecule has 6 heteroatoms. The van der Waals surface area contributed by atoms with Gasteiger partial charge in [-0.15, -0.1) is 11.8 Å². The summed E-state index contributed by atoms with van der Waals surface area (Å²) in [4.78, 5) is 25.5. The highest BCUT2D eigenvalue weighted by Gasteiger charge is 2.40. The van der Waals surface area contributed by atoms with Crippen LogP contribution in [-0.2, 0) is 9.59 Å². The van der Waals surface area contributed by atoms with E-state index in [1.165, 1.54) is 23.9 Å². The van der Waals surface area contributed by atoms with E-state index in [-0.39, 0.29) is 23.0 Å². The molecule has 0 spiro atoms. The van der Waals surface area contributed by atoms with E-state index in [4.69, 9.17) is 5.73 Å². The molecule has 0 radical (unpaired) electrons. The van der Waals surface area contributed by atoms with E-state index in [0.717, 1.165) is 5.56 Å². The van der Waals surface area contributed by atoms with Crippen LogP contribution in [0.1, 0.15) is 31.2 Å². The Morgan fingerprint density at radius 3 is 2.57 bits per heavy atom. The lowest BCUT2D eigenvalue weighted by molar-refractivity contribution is -0.137. The second-order valence-electron chi connectivity index (χ2n) is 5.56. The van der Waals surface area contributed by atoms with Crippen molar-refractivity contribution >= 4 is 23.6 Å². The van der Waals surface area contributed by atoms with Gasteiger partial charge in [-0.2, -0.15) is 0 Å². The molecule has 1 heterocycles. The molecule has 1 saturated heterocycles. The maximum Gasteiger partial charge on any atom is 0.240 e. The Hall–Kier alpha value is -1.56. The Labute approximate surface area is 127 Å². The maximum atomic E-state index is 13.0. The Morgan fingerprint density at radius 2 is 2.05 bits per heavy atom. The van der Waals surface area contributed by atoms with Crippen molar-refractivity contribution in [3.8, 4) is 0 Å². The molecule has 0 aliphatic carbocycles. The SMILES string of the molecule is CC(C)C[C@H](C(N)=O)N1C(=O)CS[C@H]1c1ccc(F)cc1. The second kappa shape index (κ2) is 6.47. The fraction of sp³-hybridized carbons (Fsp3) is 0.467. The average Bonchev–Trinajstić information content (AvgIpc) is 2.78. The second-order valence-corrected chi connectivity index (χ2v) is 6.63. The van der Waals surface area contributed by atoms with Crippen LogP contribution in [0.25, 0.3) is 0 Å². The smallest absolute Gasteiger partial charge is 0.240 e. The Morgan fingerprint density at radius 1 is 1.43 bits per heavy atom. The average molecular weight is 310 g/mol. The molecule has 0 unspecified atom stereocenters. The lowest BCUT2D eigenvalue weighted by Crippen LogP contribution is -2.47. The van der Waals surface area contributed by atoms with Crippen LogP contribution in [0.4, 0.5) is 4.39 Å². The summed E-state index contributed by atoms with van der Waals surface area (Å²) in [6, 6.07) is 5.39. The van der Waals surface area contributed by atoms with Crippen molar-refractivity contribution in [3.63, 3.8) is 0 Å². The quantitative estimate of drug-likeness (QED) is 0.907. The van der Waals surface area contributed by atoms with Crippen molar-refractivity contribution in [1.82, 2.24) is 4.90 Å². The summed E-state index contributed by atoms with van der Waals surface area (Å²) >= 11 is 1.44. The largest absolute Gasteiger partial charge is 0.368 e. The standard InChI is InChI=1S/C15H19FN2O2S/c1-9(2)7-12(14(17)20)18-13(19)8-21-15(18)10-3-5-11(16)6-4-10/h3-6,9,12,15H,7-8H2,1-2H3,(H2,17,20)/t12-,15+/m1/s1. The van der Waals surface area contributed by atoms with E-state index in [9.17, 15) is 14.0 Å². The third kappa shape index (κ3) is 3.56. The van der Waals surface area contributed by atoms with E-state index in [1.54, 1.807) is 17.0 Å². The normalized spacial score (nSPS) is 20.1. The van der Waals surface area contributed by atoms with Crippen LogP contribution < -0.4 is 5.73 Å². The van der Waals surface area contributed by atoms with E-state index < -0.39 is 11.9 Å². The lowest BCUT2D eigenvalue weighted by Gasteiger charge is -2.31. The summed E-state index contributed by atoms with van der Waals surface area (Å²) in [6.07, 6.45) is 0.527. The highest BCUT2D eigenvalue weighted by Crippen LogP contribution is 2.40. The number of hydrogen-bond acceptors (Lipinski definition) is 3. The lowest BCUT2D eigenvalue weighted by atomic mass is 10.0. The molecule has 0 saturated carbocycles. The predicted molar refractivity (Wildman–Crippen MR) is 80.9 cm³/mol. The minimum absolute atomic E-state index is 0.0984. The van der Waals surface area contributed by atoms with Gasteiger partial charge in [0.15, 0.2) is 0 Å². The molecule has 2 atom stereocenters. The van der Waals surface area contributed by atoms with Crippen LogP contribution in [0.2, 0.25) is 0 Å². The molecular weight excluding hydrogens is 291 g/mol. The summed E-state index contributed by atoms with van der Waals surface area (Å²) in [6.45, 7) is 3.97. The predicted octanol–water partition coefficient (Wildman–Crippen LogP) is 2.30. The van der Waals surface area contributed by atoms with Crippen molar-refractivity contribution in [2.24, 2.45) is 11.7 Å². The van der Waals surface area contributed by atoms with Gasteiger partial charge in [-0.05, 0) is 30.0 Å². The summed E-state index contributed by atoms with van der Waals surface area (Å²) in [7, 11) is 0. The van der Waals surface area contributed by atoms with Gasteiger partial charge in [0.1, 0.15) is 17.2 Å². The molecule has 1 fully saturated rings. The Bertz CT molecular complexity index is 533. The number of primary amides is 1. The fourth-order valence-electron chi connectivity index (χ4n) is 2.47. The molecule has 2 rings (SSSR count). The van der Waals surface area contributed by atoms with Crippen LogP contribution in [0.3, 0.4) is 0 Å². The monoisotopic (exact) mass is 310 g/mol. The molecule has 0 bridgehead atoms. The molecule has 1 aliphatic rings. The van der Waals surface area contributed by atoms with Gasteiger partial charge in [-0.1, -0.05) is 26.0 Å². The number of benzene rings is 1. The third-order valence-electron chi connectivity index (χ3n) is 3.42. The first-order valence-corrected chi connectivity index (χ1v) is 7.92. The van der Waals surface area contributed by atoms with E-state index in [2.05, 4.69) is 0 Å². The van der Waals surface area contributed by atoms with Crippen molar-refractivity contribution in [2.75, 3.05) is 5.75 Å². The first-order chi connectivity index (χ1) is 9.90. The molecule has 114 valence electrons. The number of thioether (sulfide) groups is 1. The molecule has 1 aromatic carbocycles. The maximum absolute atomic E-state index is 13.0. The van der Waals surface area contributed by atoms with Gasteiger partial charge >= 0.3 is 0 Å². The van der Waals surface area contributed by atoms with Crippen molar-refractivity contribution < 1.29 is 14.0 Å². The van der Waals surface area contributed by atoms with Gasteiger partial charge in [-0.25, -0.2) is 4.39 Å². The number of nitrogens with zero attached hydrogens (tertiary/aromatic N) is 1. The number of carbonyl (C=O) groups excluding carboxylic acids is 2. The first kappa shape index (κ1) is 15.8. The van der Waals surface area contributed by atoms with Gasteiger partial charge in [-0.3, -0.25) is 9.59 Å². The molecule has 1 aromatic rings. The van der Waals surface area contributed by atoms with Crippen molar-refractivity contribution in [2.45, 2.75) is 31.7 Å². The third-order valence-corrected chi connectivity index (χ3v) is 4.65.